The molecule has 1 saturated heterocycles. The molecule has 2 aromatic carbocycles. The van der Waals surface area contributed by atoms with Gasteiger partial charge in [0, 0.05) is 30.9 Å². The van der Waals surface area contributed by atoms with Crippen LogP contribution in [-0.2, 0) is 23.1 Å². The van der Waals surface area contributed by atoms with Crippen LogP contribution in [0.2, 0.25) is 0 Å². The minimum atomic E-state index is -0.939. The van der Waals surface area contributed by atoms with E-state index in [-0.39, 0.29) is 36.3 Å². The van der Waals surface area contributed by atoms with Crippen LogP contribution in [0.1, 0.15) is 48.8 Å². The summed E-state index contributed by atoms with van der Waals surface area (Å²) >= 11 is 0. The minimum absolute atomic E-state index is 0.00923. The molecule has 5 aliphatic rings. The average Bonchev–Trinajstić information content (AvgIpc) is 3.59. The Bertz CT molecular complexity index is 1250. The summed E-state index contributed by atoms with van der Waals surface area (Å²) in [6.07, 6.45) is 5.29. The van der Waals surface area contributed by atoms with Crippen LogP contribution in [-0.4, -0.2) is 69.8 Å². The number of likely N-dealkylation sites (tertiary alicyclic amines) is 1. The van der Waals surface area contributed by atoms with E-state index in [4.69, 9.17) is 10.5 Å². The molecule has 2 heterocycles. The van der Waals surface area contributed by atoms with E-state index in [1.165, 1.54) is 18.4 Å². The summed E-state index contributed by atoms with van der Waals surface area (Å²) in [5, 5.41) is 23.4. The summed E-state index contributed by atoms with van der Waals surface area (Å²) in [5.41, 5.74) is 8.09. The highest BCUT2D eigenvalue weighted by Gasteiger charge is 2.73. The number of nitrogen functional groups attached to an aromatic ring is 1. The van der Waals surface area contributed by atoms with E-state index in [0.717, 1.165) is 43.0 Å². The number of nitrogens with zero attached hydrogens (tertiary/aromatic N) is 2. The third-order valence-electron chi connectivity index (χ3n) is 9.93. The number of hydrogen-bond donors (Lipinski definition) is 3. The van der Waals surface area contributed by atoms with E-state index in [2.05, 4.69) is 4.90 Å². The van der Waals surface area contributed by atoms with Crippen LogP contribution in [0.3, 0.4) is 0 Å². The van der Waals surface area contributed by atoms with Crippen molar-refractivity contribution in [3.63, 3.8) is 0 Å². The Morgan fingerprint density at radius 3 is 2.83 bits per heavy atom. The number of ether oxygens (including phenoxy) is 1. The van der Waals surface area contributed by atoms with Gasteiger partial charge in [0.15, 0.2) is 11.5 Å². The van der Waals surface area contributed by atoms with Gasteiger partial charge in [0.25, 0.3) is 0 Å². The molecule has 7 heteroatoms. The van der Waals surface area contributed by atoms with Gasteiger partial charge in [-0.2, -0.15) is 0 Å². The highest BCUT2D eigenvalue weighted by Crippen LogP contribution is 2.66. The zero-order valence-electron chi connectivity index (χ0n) is 20.8. The number of phenols is 1. The molecule has 0 aromatic heterocycles. The lowest BCUT2D eigenvalue weighted by Gasteiger charge is -2.64. The molecule has 7 rings (SSSR count). The second-order valence-corrected chi connectivity index (χ2v) is 11.8. The molecular weight excluding hydrogens is 454 g/mol. The molecule has 4 N–H and O–H groups in total. The third kappa shape index (κ3) is 2.96. The molecule has 2 aliphatic heterocycles. The van der Waals surface area contributed by atoms with Crippen LogP contribution in [0.15, 0.2) is 36.4 Å². The molecule has 1 amide bonds. The van der Waals surface area contributed by atoms with E-state index >= 15 is 0 Å². The molecular formula is C29H35N3O4. The second-order valence-electron chi connectivity index (χ2n) is 11.8. The number of hydrogen-bond acceptors (Lipinski definition) is 6. The number of nitrogens with two attached hydrogens (primary N) is 1. The molecule has 2 saturated carbocycles. The van der Waals surface area contributed by atoms with Crippen LogP contribution in [0.25, 0.3) is 0 Å². The Morgan fingerprint density at radius 1 is 1.22 bits per heavy atom. The number of aliphatic hydroxyl groups is 1. The van der Waals surface area contributed by atoms with Gasteiger partial charge in [-0.1, -0.05) is 18.2 Å². The van der Waals surface area contributed by atoms with Crippen molar-refractivity contribution in [3.05, 3.63) is 53.1 Å². The van der Waals surface area contributed by atoms with Gasteiger partial charge in [0.2, 0.25) is 5.91 Å². The first-order chi connectivity index (χ1) is 17.3. The maximum atomic E-state index is 13.5. The Kier molecular flexibility index (Phi) is 4.75. The fraction of sp³-hybridized carbons (Fsp3) is 0.552. The maximum Gasteiger partial charge on any atom is 0.227 e. The summed E-state index contributed by atoms with van der Waals surface area (Å²) in [5.74, 6) is 1.41. The van der Waals surface area contributed by atoms with Crippen molar-refractivity contribution >= 4 is 11.6 Å². The molecule has 2 unspecified atom stereocenters. The lowest BCUT2D eigenvalue weighted by Crippen LogP contribution is -2.78. The predicted octanol–water partition coefficient (Wildman–Crippen LogP) is 2.61. The van der Waals surface area contributed by atoms with Gasteiger partial charge in [-0.05, 0) is 80.3 Å². The molecule has 3 aliphatic carbocycles. The summed E-state index contributed by atoms with van der Waals surface area (Å²) in [4.78, 5) is 17.8. The second kappa shape index (κ2) is 7.62. The van der Waals surface area contributed by atoms with Gasteiger partial charge in [0.1, 0.15) is 6.10 Å². The van der Waals surface area contributed by atoms with Crippen molar-refractivity contribution in [1.82, 2.24) is 9.80 Å². The molecule has 36 heavy (non-hydrogen) atoms. The predicted molar refractivity (Wildman–Crippen MR) is 136 cm³/mol. The van der Waals surface area contributed by atoms with Crippen LogP contribution >= 0.6 is 0 Å². The first kappa shape index (κ1) is 22.4. The summed E-state index contributed by atoms with van der Waals surface area (Å²) < 4.78 is 6.61. The van der Waals surface area contributed by atoms with E-state index < -0.39 is 11.0 Å². The number of carbonyl (C=O) groups excluding carboxylic acids is 1. The van der Waals surface area contributed by atoms with E-state index in [0.29, 0.717) is 24.3 Å². The first-order valence-electron chi connectivity index (χ1n) is 13.4. The molecule has 2 aromatic rings. The smallest absolute Gasteiger partial charge is 0.227 e. The maximum absolute atomic E-state index is 13.5. The monoisotopic (exact) mass is 489 g/mol. The molecule has 1 spiro atoms. The molecule has 2 bridgehead atoms. The Balaban J connectivity index is 1.26. The standard InChI is InChI=1S/C29H35N3O4/c1-31(24(34)14-18-3-2-4-20(30)13-18)21-9-10-29(35)23-15-19-7-8-22(33)26-25(19)28(29,27(21)36-26)11-12-32(23)16-17-5-6-17/h2-4,7-8,13,17,21,23,27,33,35H,5-6,9-12,14-16,30H2,1H3/t21?,23-,27?,28+,29-/m1/s1. The lowest BCUT2D eigenvalue weighted by atomic mass is 9.48. The normalized spacial score (nSPS) is 34.1. The summed E-state index contributed by atoms with van der Waals surface area (Å²) in [6, 6.07) is 11.1. The van der Waals surface area contributed by atoms with Crippen molar-refractivity contribution < 1.29 is 19.7 Å². The van der Waals surface area contributed by atoms with Crippen molar-refractivity contribution in [2.45, 2.75) is 74.1 Å². The number of rotatable bonds is 5. The topological polar surface area (TPSA) is 99.3 Å². The SMILES string of the molecule is CN(C(=O)Cc1cccc(N)c1)C1CC[C@@]2(O)[C@H]3Cc4ccc(O)c5c4[C@@]2(CCN3CC2CC2)C1O5. The van der Waals surface area contributed by atoms with Gasteiger partial charge in [-0.3, -0.25) is 9.69 Å². The number of aromatic hydroxyl groups is 1. The summed E-state index contributed by atoms with van der Waals surface area (Å²) in [7, 11) is 1.86. The zero-order chi connectivity index (χ0) is 24.8. The number of piperidine rings is 1. The fourth-order valence-electron chi connectivity index (χ4n) is 8.04. The van der Waals surface area contributed by atoms with E-state index in [1.54, 1.807) is 6.07 Å². The number of anilines is 1. The average molecular weight is 490 g/mol. The zero-order valence-corrected chi connectivity index (χ0v) is 20.8. The number of benzene rings is 2. The number of phenolic OH excluding ortho intramolecular Hbond substituents is 1. The first-order valence-corrected chi connectivity index (χ1v) is 13.4. The fourth-order valence-corrected chi connectivity index (χ4v) is 8.04. The number of amides is 1. The Labute approximate surface area is 211 Å². The Hall–Kier alpha value is -2.77. The molecule has 0 radical (unpaired) electrons. The summed E-state index contributed by atoms with van der Waals surface area (Å²) in [6.45, 7) is 1.96. The third-order valence-corrected chi connectivity index (χ3v) is 9.93. The van der Waals surface area contributed by atoms with Crippen molar-refractivity contribution in [2.75, 3.05) is 25.9 Å². The lowest BCUT2D eigenvalue weighted by molar-refractivity contribution is -0.200. The van der Waals surface area contributed by atoms with Crippen molar-refractivity contribution in [2.24, 2.45) is 5.92 Å². The van der Waals surface area contributed by atoms with Gasteiger partial charge < -0.3 is 25.6 Å². The van der Waals surface area contributed by atoms with E-state index in [9.17, 15) is 15.0 Å². The van der Waals surface area contributed by atoms with Crippen molar-refractivity contribution in [1.29, 1.82) is 0 Å². The van der Waals surface area contributed by atoms with Gasteiger partial charge in [-0.25, -0.2) is 0 Å². The van der Waals surface area contributed by atoms with Crippen LogP contribution in [0.4, 0.5) is 5.69 Å². The van der Waals surface area contributed by atoms with Gasteiger partial charge >= 0.3 is 0 Å². The van der Waals surface area contributed by atoms with Crippen LogP contribution in [0, 0.1) is 5.92 Å². The molecule has 5 atom stereocenters. The molecule has 190 valence electrons. The van der Waals surface area contributed by atoms with Crippen molar-refractivity contribution in [3.8, 4) is 11.5 Å². The highest BCUT2D eigenvalue weighted by molar-refractivity contribution is 5.79. The number of carbonyl (C=O) groups is 1. The number of likely N-dealkylation sites (N-methyl/N-ethyl adjacent to an activating group) is 1. The largest absolute Gasteiger partial charge is 0.504 e. The minimum Gasteiger partial charge on any atom is -0.504 e. The quantitative estimate of drug-likeness (QED) is 0.559. The van der Waals surface area contributed by atoms with Gasteiger partial charge in [-0.15, -0.1) is 0 Å². The molecule has 7 nitrogen and oxygen atoms in total. The van der Waals surface area contributed by atoms with Crippen LogP contribution < -0.4 is 10.5 Å². The van der Waals surface area contributed by atoms with E-state index in [1.807, 2.05) is 42.3 Å². The Morgan fingerprint density at radius 2 is 2.06 bits per heavy atom. The van der Waals surface area contributed by atoms with Crippen LogP contribution in [0.5, 0.6) is 11.5 Å². The molecule has 3 fully saturated rings. The van der Waals surface area contributed by atoms with Gasteiger partial charge in [0.05, 0.1) is 23.5 Å². The highest BCUT2D eigenvalue weighted by atomic mass is 16.5.